The van der Waals surface area contributed by atoms with Gasteiger partial charge >= 0.3 is 0 Å². The summed E-state index contributed by atoms with van der Waals surface area (Å²) in [4.78, 5) is 17.5. The maximum atomic E-state index is 13.0. The fraction of sp³-hybridized carbons (Fsp3) is 0.292. The van der Waals surface area contributed by atoms with Gasteiger partial charge in [-0.2, -0.15) is 0 Å². The molecule has 2 heterocycles. The molecule has 0 bridgehead atoms. The average Bonchev–Trinajstić information content (AvgIpc) is 3.24. The van der Waals surface area contributed by atoms with Crippen molar-refractivity contribution in [3.05, 3.63) is 83.1 Å². The molecule has 1 fully saturated rings. The first-order chi connectivity index (χ1) is 14.9. The van der Waals surface area contributed by atoms with Gasteiger partial charge in [-0.15, -0.1) is 0 Å². The molecule has 1 aliphatic rings. The number of halogens is 1. The second-order valence-corrected chi connectivity index (χ2v) is 9.16. The van der Waals surface area contributed by atoms with Crippen LogP contribution in [0, 0.1) is 19.7 Å². The SMILES string of the molecule is Cc1cccc(N2CCN(C(=O)c3ccc(C[S@](=O)c4ccc(F)cc4)o3)CC2)c1C. The first-order valence-electron chi connectivity index (χ1n) is 10.3. The highest BCUT2D eigenvalue weighted by Crippen LogP contribution is 2.24. The summed E-state index contributed by atoms with van der Waals surface area (Å²) in [6.07, 6.45) is 0. The highest BCUT2D eigenvalue weighted by molar-refractivity contribution is 7.84. The average molecular weight is 441 g/mol. The number of carbonyl (C=O) groups is 1. The summed E-state index contributed by atoms with van der Waals surface area (Å²) in [5, 5.41) is 0. The molecule has 1 atom stereocenters. The largest absolute Gasteiger partial charge is 0.455 e. The first kappa shape index (κ1) is 21.3. The lowest BCUT2D eigenvalue weighted by molar-refractivity contribution is 0.0713. The molecule has 1 aromatic heterocycles. The fourth-order valence-corrected chi connectivity index (χ4v) is 4.77. The molecular formula is C24H25FN2O3S. The van der Waals surface area contributed by atoms with Crippen LogP contribution in [0.3, 0.4) is 0 Å². The molecule has 2 aromatic carbocycles. The Labute approximate surface area is 183 Å². The molecule has 7 heteroatoms. The van der Waals surface area contributed by atoms with Crippen LogP contribution in [0.4, 0.5) is 10.1 Å². The van der Waals surface area contributed by atoms with Gasteiger partial charge in [0.05, 0.1) is 16.6 Å². The minimum absolute atomic E-state index is 0.138. The summed E-state index contributed by atoms with van der Waals surface area (Å²) in [7, 11) is -1.37. The molecule has 0 aliphatic carbocycles. The molecule has 0 N–H and O–H groups in total. The molecule has 1 aliphatic heterocycles. The van der Waals surface area contributed by atoms with Gasteiger partial charge in [0.15, 0.2) is 5.76 Å². The smallest absolute Gasteiger partial charge is 0.289 e. The monoisotopic (exact) mass is 440 g/mol. The topological polar surface area (TPSA) is 53.8 Å². The lowest BCUT2D eigenvalue weighted by Crippen LogP contribution is -2.49. The lowest BCUT2D eigenvalue weighted by Gasteiger charge is -2.36. The van der Waals surface area contributed by atoms with Crippen molar-refractivity contribution in [2.45, 2.75) is 24.5 Å². The Morgan fingerprint density at radius 1 is 1.00 bits per heavy atom. The van der Waals surface area contributed by atoms with Gasteiger partial charge in [0.1, 0.15) is 11.6 Å². The lowest BCUT2D eigenvalue weighted by atomic mass is 10.1. The van der Waals surface area contributed by atoms with E-state index in [1.54, 1.807) is 17.0 Å². The number of furan rings is 1. The van der Waals surface area contributed by atoms with Crippen LogP contribution in [0.15, 0.2) is 63.9 Å². The molecular weight excluding hydrogens is 415 g/mol. The Balaban J connectivity index is 1.36. The third-order valence-corrected chi connectivity index (χ3v) is 7.05. The fourth-order valence-electron chi connectivity index (χ4n) is 3.75. The summed E-state index contributed by atoms with van der Waals surface area (Å²) in [5.74, 6) is 0.342. The highest BCUT2D eigenvalue weighted by Gasteiger charge is 2.25. The molecule has 0 radical (unpaired) electrons. The molecule has 0 spiro atoms. The molecule has 162 valence electrons. The van der Waals surface area contributed by atoms with Crippen LogP contribution in [0.1, 0.15) is 27.4 Å². The number of anilines is 1. The third kappa shape index (κ3) is 4.71. The summed E-state index contributed by atoms with van der Waals surface area (Å²) in [6.45, 7) is 6.99. The van der Waals surface area contributed by atoms with Crippen LogP contribution in [0.2, 0.25) is 0 Å². The van der Waals surface area contributed by atoms with Gasteiger partial charge in [-0.05, 0) is 67.4 Å². The van der Waals surface area contributed by atoms with Gasteiger partial charge in [0.25, 0.3) is 5.91 Å². The zero-order valence-corrected chi connectivity index (χ0v) is 18.5. The van der Waals surface area contributed by atoms with E-state index in [0.717, 1.165) is 13.1 Å². The molecule has 4 rings (SSSR count). The van der Waals surface area contributed by atoms with E-state index in [1.807, 2.05) is 0 Å². The van der Waals surface area contributed by atoms with E-state index < -0.39 is 10.8 Å². The van der Waals surface area contributed by atoms with Gasteiger partial charge in [0, 0.05) is 36.8 Å². The summed E-state index contributed by atoms with van der Waals surface area (Å²) in [6, 6.07) is 15.2. The maximum Gasteiger partial charge on any atom is 0.289 e. The normalized spacial score (nSPS) is 15.2. The molecule has 1 saturated heterocycles. The number of rotatable bonds is 5. The maximum absolute atomic E-state index is 13.0. The molecule has 1 amide bonds. The van der Waals surface area contributed by atoms with Crippen molar-refractivity contribution in [1.82, 2.24) is 4.90 Å². The number of piperazine rings is 1. The van der Waals surface area contributed by atoms with E-state index in [1.165, 1.54) is 41.1 Å². The molecule has 5 nitrogen and oxygen atoms in total. The Morgan fingerprint density at radius 3 is 2.42 bits per heavy atom. The Bertz CT molecular complexity index is 1100. The molecule has 31 heavy (non-hydrogen) atoms. The van der Waals surface area contributed by atoms with Crippen molar-refractivity contribution in [1.29, 1.82) is 0 Å². The molecule has 0 unspecified atom stereocenters. The standard InChI is InChI=1S/C24H25FN2O3S/c1-17-4-3-5-22(18(17)2)26-12-14-27(15-13-26)24(28)23-11-8-20(30-23)16-31(29)21-9-6-19(25)7-10-21/h3-11H,12-16H2,1-2H3/t31-/m0/s1. The molecule has 3 aromatic rings. The zero-order valence-electron chi connectivity index (χ0n) is 17.6. The van der Waals surface area contributed by atoms with Gasteiger partial charge in [-0.3, -0.25) is 9.00 Å². The van der Waals surface area contributed by atoms with E-state index in [-0.39, 0.29) is 23.2 Å². The minimum Gasteiger partial charge on any atom is -0.455 e. The van der Waals surface area contributed by atoms with Crippen molar-refractivity contribution in [3.63, 3.8) is 0 Å². The Kier molecular flexibility index (Phi) is 6.23. The highest BCUT2D eigenvalue weighted by atomic mass is 32.2. The van der Waals surface area contributed by atoms with Crippen molar-refractivity contribution in [2.75, 3.05) is 31.1 Å². The predicted octanol–water partition coefficient (Wildman–Crippen LogP) is 4.31. The van der Waals surface area contributed by atoms with Crippen molar-refractivity contribution >= 4 is 22.4 Å². The van der Waals surface area contributed by atoms with Crippen LogP contribution in [-0.4, -0.2) is 41.2 Å². The van der Waals surface area contributed by atoms with Gasteiger partial charge in [0.2, 0.25) is 0 Å². The summed E-state index contributed by atoms with van der Waals surface area (Å²) < 4.78 is 31.2. The number of hydrogen-bond donors (Lipinski definition) is 0. The predicted molar refractivity (Wildman–Crippen MR) is 119 cm³/mol. The Hall–Kier alpha value is -2.93. The van der Waals surface area contributed by atoms with Gasteiger partial charge < -0.3 is 14.2 Å². The van der Waals surface area contributed by atoms with Crippen molar-refractivity contribution < 1.29 is 17.8 Å². The van der Waals surface area contributed by atoms with E-state index in [9.17, 15) is 13.4 Å². The second-order valence-electron chi connectivity index (χ2n) is 7.71. The number of nitrogens with zero attached hydrogens (tertiary/aromatic N) is 2. The van der Waals surface area contributed by atoms with Crippen molar-refractivity contribution in [3.8, 4) is 0 Å². The third-order valence-electron chi connectivity index (χ3n) is 5.71. The van der Waals surface area contributed by atoms with E-state index in [0.29, 0.717) is 23.7 Å². The summed E-state index contributed by atoms with van der Waals surface area (Å²) in [5.41, 5.74) is 3.75. The van der Waals surface area contributed by atoms with E-state index in [4.69, 9.17) is 4.42 Å². The van der Waals surface area contributed by atoms with Crippen LogP contribution >= 0.6 is 0 Å². The van der Waals surface area contributed by atoms with Crippen LogP contribution in [-0.2, 0) is 16.6 Å². The van der Waals surface area contributed by atoms with E-state index >= 15 is 0 Å². The van der Waals surface area contributed by atoms with Gasteiger partial charge in [-0.25, -0.2) is 4.39 Å². The summed E-state index contributed by atoms with van der Waals surface area (Å²) >= 11 is 0. The first-order valence-corrected chi connectivity index (χ1v) is 11.6. The second kappa shape index (κ2) is 9.06. The minimum atomic E-state index is -1.37. The van der Waals surface area contributed by atoms with Crippen LogP contribution in [0.5, 0.6) is 0 Å². The van der Waals surface area contributed by atoms with Gasteiger partial charge in [-0.1, -0.05) is 12.1 Å². The Morgan fingerprint density at radius 2 is 1.71 bits per heavy atom. The number of amides is 1. The quantitative estimate of drug-likeness (QED) is 0.593. The number of aryl methyl sites for hydroxylation is 1. The van der Waals surface area contributed by atoms with E-state index in [2.05, 4.69) is 36.9 Å². The number of hydrogen-bond acceptors (Lipinski definition) is 4. The molecule has 0 saturated carbocycles. The van der Waals surface area contributed by atoms with Crippen molar-refractivity contribution in [2.24, 2.45) is 0 Å². The van der Waals surface area contributed by atoms with Crippen LogP contribution in [0.25, 0.3) is 0 Å². The number of carbonyl (C=O) groups excluding carboxylic acids is 1. The number of benzene rings is 2. The zero-order chi connectivity index (χ0) is 22.0. The van der Waals surface area contributed by atoms with Crippen LogP contribution < -0.4 is 4.90 Å².